The van der Waals surface area contributed by atoms with Crippen LogP contribution in [0.5, 0.6) is 11.5 Å². The molecule has 0 aliphatic rings. The van der Waals surface area contributed by atoms with Crippen LogP contribution in [0.25, 0.3) is 0 Å². The minimum atomic E-state index is -3.62. The molecule has 7 heteroatoms. The van der Waals surface area contributed by atoms with E-state index in [1.165, 1.54) is 32.4 Å². The molecule has 0 unspecified atom stereocenters. The second kappa shape index (κ2) is 8.23. The zero-order valence-corrected chi connectivity index (χ0v) is 16.1. The van der Waals surface area contributed by atoms with Gasteiger partial charge in [-0.2, -0.15) is 0 Å². The fourth-order valence-electron chi connectivity index (χ4n) is 2.44. The number of methoxy groups -OCH3 is 2. The fraction of sp³-hybridized carbons (Fsp3) is 0.316. The van der Waals surface area contributed by atoms with Crippen molar-refractivity contribution < 1.29 is 22.7 Å². The van der Waals surface area contributed by atoms with Crippen molar-refractivity contribution in [1.29, 1.82) is 0 Å². The standard InChI is InChI=1S/C19H23NO5S/c1-13-5-6-14(2)16(11-13)20-19(21)9-10-26(22,23)15-7-8-17(24-3)18(12-15)25-4/h5-8,11-12H,9-10H2,1-4H3,(H,20,21). The molecule has 0 bridgehead atoms. The number of rotatable bonds is 7. The Morgan fingerprint density at radius 1 is 1.00 bits per heavy atom. The van der Waals surface area contributed by atoms with Crippen LogP contribution in [-0.2, 0) is 14.6 Å². The van der Waals surface area contributed by atoms with Crippen LogP contribution in [0.3, 0.4) is 0 Å². The van der Waals surface area contributed by atoms with Gasteiger partial charge in [0.1, 0.15) is 0 Å². The molecular formula is C19H23NO5S. The lowest BCUT2D eigenvalue weighted by Crippen LogP contribution is -2.18. The van der Waals surface area contributed by atoms with Gasteiger partial charge in [0.05, 0.1) is 24.9 Å². The number of hydrogen-bond donors (Lipinski definition) is 1. The predicted molar refractivity (Wildman–Crippen MR) is 101 cm³/mol. The number of amides is 1. The van der Waals surface area contributed by atoms with Crippen molar-refractivity contribution in [1.82, 2.24) is 0 Å². The number of carbonyl (C=O) groups excluding carboxylic acids is 1. The first-order valence-corrected chi connectivity index (χ1v) is 9.74. The molecule has 0 aliphatic heterocycles. The molecule has 0 spiro atoms. The summed E-state index contributed by atoms with van der Waals surface area (Å²) in [5, 5.41) is 2.77. The Balaban J connectivity index is 2.08. The molecule has 0 aromatic heterocycles. The molecule has 140 valence electrons. The largest absolute Gasteiger partial charge is 0.493 e. The van der Waals surface area contributed by atoms with Gasteiger partial charge in [0, 0.05) is 18.2 Å². The van der Waals surface area contributed by atoms with Gasteiger partial charge in [-0.1, -0.05) is 12.1 Å². The highest BCUT2D eigenvalue weighted by Gasteiger charge is 2.19. The van der Waals surface area contributed by atoms with E-state index >= 15 is 0 Å². The summed E-state index contributed by atoms with van der Waals surface area (Å²) in [6.07, 6.45) is -0.135. The van der Waals surface area contributed by atoms with Crippen LogP contribution in [0.4, 0.5) is 5.69 Å². The predicted octanol–water partition coefficient (Wildman–Crippen LogP) is 3.12. The number of carbonyl (C=O) groups is 1. The summed E-state index contributed by atoms with van der Waals surface area (Å²) >= 11 is 0. The van der Waals surface area contributed by atoms with Crippen molar-refractivity contribution >= 4 is 21.4 Å². The highest BCUT2D eigenvalue weighted by atomic mass is 32.2. The van der Waals surface area contributed by atoms with E-state index in [-0.39, 0.29) is 23.0 Å². The summed E-state index contributed by atoms with van der Waals surface area (Å²) in [7, 11) is -0.708. The quantitative estimate of drug-likeness (QED) is 0.802. The molecule has 0 fully saturated rings. The summed E-state index contributed by atoms with van der Waals surface area (Å²) < 4.78 is 35.2. The second-order valence-electron chi connectivity index (χ2n) is 5.95. The Hall–Kier alpha value is -2.54. The van der Waals surface area contributed by atoms with Crippen LogP contribution in [0.2, 0.25) is 0 Å². The maximum Gasteiger partial charge on any atom is 0.225 e. The van der Waals surface area contributed by atoms with E-state index in [0.29, 0.717) is 17.2 Å². The van der Waals surface area contributed by atoms with Gasteiger partial charge in [-0.25, -0.2) is 8.42 Å². The van der Waals surface area contributed by atoms with Crippen molar-refractivity contribution in [2.75, 3.05) is 25.3 Å². The van der Waals surface area contributed by atoms with Gasteiger partial charge in [0.15, 0.2) is 21.3 Å². The molecule has 0 aliphatic carbocycles. The van der Waals surface area contributed by atoms with E-state index in [1.807, 2.05) is 32.0 Å². The Kier molecular flexibility index (Phi) is 6.26. The highest BCUT2D eigenvalue weighted by molar-refractivity contribution is 7.91. The second-order valence-corrected chi connectivity index (χ2v) is 8.06. The number of benzene rings is 2. The van der Waals surface area contributed by atoms with E-state index in [1.54, 1.807) is 0 Å². The van der Waals surface area contributed by atoms with E-state index in [9.17, 15) is 13.2 Å². The number of sulfone groups is 1. The Morgan fingerprint density at radius 3 is 2.35 bits per heavy atom. The zero-order valence-electron chi connectivity index (χ0n) is 15.3. The third-order valence-electron chi connectivity index (χ3n) is 3.98. The molecule has 1 amide bonds. The van der Waals surface area contributed by atoms with Gasteiger partial charge in [0.25, 0.3) is 0 Å². The van der Waals surface area contributed by atoms with Crippen LogP contribution >= 0.6 is 0 Å². The van der Waals surface area contributed by atoms with Crippen LogP contribution in [0.15, 0.2) is 41.3 Å². The summed E-state index contributed by atoms with van der Waals surface area (Å²) in [4.78, 5) is 12.2. The molecule has 2 aromatic rings. The molecule has 0 heterocycles. The molecule has 0 radical (unpaired) electrons. The monoisotopic (exact) mass is 377 g/mol. The zero-order chi connectivity index (χ0) is 19.3. The van der Waals surface area contributed by atoms with Gasteiger partial charge >= 0.3 is 0 Å². The average molecular weight is 377 g/mol. The molecule has 2 aromatic carbocycles. The smallest absolute Gasteiger partial charge is 0.225 e. The molecule has 2 rings (SSSR count). The molecule has 0 atom stereocenters. The highest BCUT2D eigenvalue weighted by Crippen LogP contribution is 2.30. The van der Waals surface area contributed by atoms with Gasteiger partial charge in [-0.15, -0.1) is 0 Å². The Bertz CT molecular complexity index is 906. The van der Waals surface area contributed by atoms with E-state index in [4.69, 9.17) is 9.47 Å². The van der Waals surface area contributed by atoms with Crippen LogP contribution in [-0.4, -0.2) is 34.3 Å². The SMILES string of the molecule is COc1ccc(S(=O)(=O)CCC(=O)Nc2cc(C)ccc2C)cc1OC. The van der Waals surface area contributed by atoms with E-state index in [2.05, 4.69) is 5.32 Å². The summed E-state index contributed by atoms with van der Waals surface area (Å²) in [5.74, 6) is 0.134. The average Bonchev–Trinajstić information content (AvgIpc) is 2.62. The van der Waals surface area contributed by atoms with Crippen molar-refractivity contribution in [2.45, 2.75) is 25.2 Å². The summed E-state index contributed by atoms with van der Waals surface area (Å²) in [6, 6.07) is 10.1. The Morgan fingerprint density at radius 2 is 1.69 bits per heavy atom. The van der Waals surface area contributed by atoms with Crippen molar-refractivity contribution in [3.8, 4) is 11.5 Å². The summed E-state index contributed by atoms with van der Waals surface area (Å²) in [5.41, 5.74) is 2.63. The normalized spacial score (nSPS) is 11.1. The van der Waals surface area contributed by atoms with Crippen LogP contribution in [0.1, 0.15) is 17.5 Å². The first-order valence-electron chi connectivity index (χ1n) is 8.08. The van der Waals surface area contributed by atoms with Gasteiger partial charge in [-0.3, -0.25) is 4.79 Å². The molecule has 26 heavy (non-hydrogen) atoms. The van der Waals surface area contributed by atoms with Crippen molar-refractivity contribution in [2.24, 2.45) is 0 Å². The minimum absolute atomic E-state index is 0.0923. The number of hydrogen-bond acceptors (Lipinski definition) is 5. The number of anilines is 1. The molecule has 6 nitrogen and oxygen atoms in total. The summed E-state index contributed by atoms with van der Waals surface area (Å²) in [6.45, 7) is 3.81. The maximum atomic E-state index is 12.5. The van der Waals surface area contributed by atoms with Crippen LogP contribution in [0, 0.1) is 13.8 Å². The number of aryl methyl sites for hydroxylation is 2. The van der Waals surface area contributed by atoms with Gasteiger partial charge in [0.2, 0.25) is 5.91 Å². The lowest BCUT2D eigenvalue weighted by Gasteiger charge is -2.11. The molecule has 0 saturated heterocycles. The lowest BCUT2D eigenvalue weighted by molar-refractivity contribution is -0.115. The maximum absolute atomic E-state index is 12.5. The van der Waals surface area contributed by atoms with Crippen molar-refractivity contribution in [3.63, 3.8) is 0 Å². The first kappa shape index (κ1) is 19.8. The fourth-order valence-corrected chi connectivity index (χ4v) is 3.69. The topological polar surface area (TPSA) is 81.7 Å². The lowest BCUT2D eigenvalue weighted by atomic mass is 10.1. The minimum Gasteiger partial charge on any atom is -0.493 e. The van der Waals surface area contributed by atoms with E-state index < -0.39 is 9.84 Å². The Labute approximate surface area is 154 Å². The molecule has 1 N–H and O–H groups in total. The van der Waals surface area contributed by atoms with Crippen LogP contribution < -0.4 is 14.8 Å². The van der Waals surface area contributed by atoms with Gasteiger partial charge < -0.3 is 14.8 Å². The third kappa shape index (κ3) is 4.76. The first-order chi connectivity index (χ1) is 12.3. The van der Waals surface area contributed by atoms with Gasteiger partial charge in [-0.05, 0) is 43.2 Å². The number of nitrogens with one attached hydrogen (secondary N) is 1. The number of ether oxygens (including phenoxy) is 2. The molecular weight excluding hydrogens is 354 g/mol. The molecule has 0 saturated carbocycles. The van der Waals surface area contributed by atoms with Crippen molar-refractivity contribution in [3.05, 3.63) is 47.5 Å². The third-order valence-corrected chi connectivity index (χ3v) is 5.69. The van der Waals surface area contributed by atoms with E-state index in [0.717, 1.165) is 11.1 Å².